The van der Waals surface area contributed by atoms with Crippen molar-refractivity contribution in [1.29, 1.82) is 0 Å². The molecule has 1 saturated heterocycles. The Labute approximate surface area is 147 Å². The summed E-state index contributed by atoms with van der Waals surface area (Å²) in [5, 5.41) is 0. The highest BCUT2D eigenvalue weighted by Gasteiger charge is 2.27. The van der Waals surface area contributed by atoms with Gasteiger partial charge in [0.05, 0.1) is 0 Å². The predicted molar refractivity (Wildman–Crippen MR) is 97.3 cm³/mol. The Morgan fingerprint density at radius 1 is 1.04 bits per heavy atom. The first-order valence-electron chi connectivity index (χ1n) is 7.96. The molecule has 0 aromatic heterocycles. The van der Waals surface area contributed by atoms with Crippen molar-refractivity contribution >= 4 is 29.6 Å². The van der Waals surface area contributed by atoms with Gasteiger partial charge in [-0.3, -0.25) is 4.79 Å². The molecule has 1 aliphatic heterocycles. The normalized spacial score (nSPS) is 15.2. The molecule has 24 heavy (non-hydrogen) atoms. The van der Waals surface area contributed by atoms with Gasteiger partial charge in [0.25, 0.3) is 5.91 Å². The predicted octanol–water partition coefficient (Wildman–Crippen LogP) is 3.07. The smallest absolute Gasteiger partial charge is 0.410 e. The highest BCUT2D eigenvalue weighted by atomic mass is 32.2. The average Bonchev–Trinajstić information content (AvgIpc) is 2.54. The van der Waals surface area contributed by atoms with Crippen LogP contribution in [0, 0.1) is 0 Å². The van der Waals surface area contributed by atoms with Crippen molar-refractivity contribution in [3.63, 3.8) is 0 Å². The summed E-state index contributed by atoms with van der Waals surface area (Å²) >= 11 is 1.51. The van der Waals surface area contributed by atoms with Crippen molar-refractivity contribution in [2.24, 2.45) is 0 Å². The van der Waals surface area contributed by atoms with Gasteiger partial charge in [-0.1, -0.05) is 11.9 Å². The van der Waals surface area contributed by atoms with E-state index in [1.54, 1.807) is 9.80 Å². The standard InChI is InChI=1S/C17H25N3O3S/c1-17(2,3)23-16(22)20-11-9-19(10-12-20)15(21)13-5-7-14(8-6-13)18-24-4/h5-8,18H,9-12H2,1-4H3. The van der Waals surface area contributed by atoms with Crippen LogP contribution < -0.4 is 4.72 Å². The maximum Gasteiger partial charge on any atom is 0.410 e. The fraction of sp³-hybridized carbons (Fsp3) is 0.529. The van der Waals surface area contributed by atoms with E-state index in [4.69, 9.17) is 4.74 Å². The van der Waals surface area contributed by atoms with E-state index >= 15 is 0 Å². The largest absolute Gasteiger partial charge is 0.444 e. The molecule has 0 aliphatic carbocycles. The molecule has 7 heteroatoms. The number of hydrogen-bond acceptors (Lipinski definition) is 5. The Hall–Kier alpha value is -1.89. The van der Waals surface area contributed by atoms with Gasteiger partial charge in [-0.05, 0) is 45.0 Å². The molecule has 1 fully saturated rings. The molecule has 132 valence electrons. The van der Waals surface area contributed by atoms with E-state index in [0.29, 0.717) is 31.7 Å². The van der Waals surface area contributed by atoms with E-state index in [0.717, 1.165) is 5.69 Å². The van der Waals surface area contributed by atoms with Crippen molar-refractivity contribution in [2.45, 2.75) is 26.4 Å². The third-order valence-corrected chi connectivity index (χ3v) is 4.01. The summed E-state index contributed by atoms with van der Waals surface area (Å²) in [6.45, 7) is 7.56. The first-order valence-corrected chi connectivity index (χ1v) is 9.19. The minimum Gasteiger partial charge on any atom is -0.444 e. The van der Waals surface area contributed by atoms with Crippen molar-refractivity contribution < 1.29 is 14.3 Å². The zero-order valence-corrected chi connectivity index (χ0v) is 15.5. The van der Waals surface area contributed by atoms with E-state index < -0.39 is 5.60 Å². The maximum atomic E-state index is 12.5. The van der Waals surface area contributed by atoms with E-state index in [9.17, 15) is 9.59 Å². The van der Waals surface area contributed by atoms with Gasteiger partial charge in [-0.2, -0.15) is 0 Å². The Morgan fingerprint density at radius 3 is 2.08 bits per heavy atom. The van der Waals surface area contributed by atoms with Crippen molar-refractivity contribution in [2.75, 3.05) is 37.2 Å². The SMILES string of the molecule is CSNc1ccc(C(=O)N2CCN(C(=O)OC(C)(C)C)CC2)cc1. The summed E-state index contributed by atoms with van der Waals surface area (Å²) in [6, 6.07) is 7.42. The van der Waals surface area contributed by atoms with Gasteiger partial charge in [0.1, 0.15) is 5.60 Å². The Morgan fingerprint density at radius 2 is 1.58 bits per heavy atom. The summed E-state index contributed by atoms with van der Waals surface area (Å²) in [5.41, 5.74) is 1.12. The summed E-state index contributed by atoms with van der Waals surface area (Å²) < 4.78 is 8.49. The van der Waals surface area contributed by atoms with E-state index in [1.165, 1.54) is 11.9 Å². The molecular weight excluding hydrogens is 326 g/mol. The number of nitrogens with one attached hydrogen (secondary N) is 1. The summed E-state index contributed by atoms with van der Waals surface area (Å²) in [5.74, 6) is -0.00506. The van der Waals surface area contributed by atoms with Crippen LogP contribution in [0.25, 0.3) is 0 Å². The molecule has 1 aromatic carbocycles. The minimum absolute atomic E-state index is 0.00506. The monoisotopic (exact) mass is 351 g/mol. The fourth-order valence-corrected chi connectivity index (χ4v) is 2.77. The van der Waals surface area contributed by atoms with Gasteiger partial charge in [-0.25, -0.2) is 4.79 Å². The fourth-order valence-electron chi connectivity index (χ4n) is 2.40. The number of amides is 2. The van der Waals surface area contributed by atoms with Crippen LogP contribution in [0.4, 0.5) is 10.5 Å². The Kier molecular flexibility index (Phi) is 5.99. The second kappa shape index (κ2) is 7.79. The zero-order valence-electron chi connectivity index (χ0n) is 14.7. The molecule has 0 unspecified atom stereocenters. The van der Waals surface area contributed by atoms with Crippen LogP contribution in [0.1, 0.15) is 31.1 Å². The molecule has 2 amide bonds. The van der Waals surface area contributed by atoms with Gasteiger partial charge in [0.2, 0.25) is 0 Å². The van der Waals surface area contributed by atoms with E-state index in [1.807, 2.05) is 51.3 Å². The molecule has 0 spiro atoms. The molecule has 1 aromatic rings. The number of ether oxygens (including phenoxy) is 1. The summed E-state index contributed by atoms with van der Waals surface area (Å²) in [7, 11) is 0. The van der Waals surface area contributed by atoms with Crippen LogP contribution in [0.5, 0.6) is 0 Å². The van der Waals surface area contributed by atoms with E-state index in [2.05, 4.69) is 4.72 Å². The lowest BCUT2D eigenvalue weighted by molar-refractivity contribution is 0.0141. The topological polar surface area (TPSA) is 61.9 Å². The zero-order chi connectivity index (χ0) is 17.7. The van der Waals surface area contributed by atoms with Gasteiger partial charge >= 0.3 is 6.09 Å². The number of benzene rings is 1. The summed E-state index contributed by atoms with van der Waals surface area (Å²) in [6.07, 6.45) is 1.63. The third kappa shape index (κ3) is 5.06. The molecule has 6 nitrogen and oxygen atoms in total. The molecule has 1 heterocycles. The molecule has 0 saturated carbocycles. The molecule has 0 bridgehead atoms. The average molecular weight is 351 g/mol. The Balaban J connectivity index is 1.89. The minimum atomic E-state index is -0.503. The van der Waals surface area contributed by atoms with Crippen molar-refractivity contribution in [3.05, 3.63) is 29.8 Å². The number of rotatable bonds is 3. The molecule has 0 atom stereocenters. The quantitative estimate of drug-likeness (QED) is 0.848. The van der Waals surface area contributed by atoms with Crippen molar-refractivity contribution in [1.82, 2.24) is 9.80 Å². The van der Waals surface area contributed by atoms with Crippen LogP contribution >= 0.6 is 11.9 Å². The second-order valence-electron chi connectivity index (χ2n) is 6.64. The molecule has 0 radical (unpaired) electrons. The molecule has 1 N–H and O–H groups in total. The van der Waals surface area contributed by atoms with Crippen molar-refractivity contribution in [3.8, 4) is 0 Å². The van der Waals surface area contributed by atoms with Crippen LogP contribution in [-0.2, 0) is 4.74 Å². The van der Waals surface area contributed by atoms with Crippen LogP contribution in [0.3, 0.4) is 0 Å². The van der Waals surface area contributed by atoms with Gasteiger partial charge < -0.3 is 19.3 Å². The molecular formula is C17H25N3O3S. The van der Waals surface area contributed by atoms with Crippen LogP contribution in [-0.4, -0.2) is 59.8 Å². The lowest BCUT2D eigenvalue weighted by Crippen LogP contribution is -2.51. The maximum absolute atomic E-state index is 12.5. The first kappa shape index (κ1) is 18.4. The molecule has 1 aliphatic rings. The first-order chi connectivity index (χ1) is 11.3. The highest BCUT2D eigenvalue weighted by molar-refractivity contribution is 7.99. The number of carbonyl (C=O) groups excluding carboxylic acids is 2. The summed E-state index contributed by atoms with van der Waals surface area (Å²) in [4.78, 5) is 28.0. The third-order valence-electron chi connectivity index (χ3n) is 3.57. The van der Waals surface area contributed by atoms with Crippen LogP contribution in [0.15, 0.2) is 24.3 Å². The number of hydrogen-bond donors (Lipinski definition) is 1. The van der Waals surface area contributed by atoms with E-state index in [-0.39, 0.29) is 12.0 Å². The number of piperazine rings is 1. The lowest BCUT2D eigenvalue weighted by atomic mass is 10.1. The van der Waals surface area contributed by atoms with Gasteiger partial charge in [-0.15, -0.1) is 0 Å². The lowest BCUT2D eigenvalue weighted by Gasteiger charge is -2.35. The number of anilines is 1. The van der Waals surface area contributed by atoms with Gasteiger partial charge in [0.15, 0.2) is 0 Å². The van der Waals surface area contributed by atoms with Crippen LogP contribution in [0.2, 0.25) is 0 Å². The Bertz CT molecular complexity index is 576. The number of carbonyl (C=O) groups is 2. The molecule has 2 rings (SSSR count). The number of nitrogens with zero attached hydrogens (tertiary/aromatic N) is 2. The second-order valence-corrected chi connectivity index (χ2v) is 7.26. The highest BCUT2D eigenvalue weighted by Crippen LogP contribution is 2.16. The van der Waals surface area contributed by atoms with Gasteiger partial charge in [0, 0.05) is 43.7 Å².